The van der Waals surface area contributed by atoms with Crippen LogP contribution in [0.4, 0.5) is 4.39 Å². The van der Waals surface area contributed by atoms with Gasteiger partial charge in [-0.15, -0.1) is 11.3 Å². The van der Waals surface area contributed by atoms with Crippen LogP contribution in [0.3, 0.4) is 0 Å². The summed E-state index contributed by atoms with van der Waals surface area (Å²) in [4.78, 5) is 5.96. The highest BCUT2D eigenvalue weighted by molar-refractivity contribution is 7.11. The Morgan fingerprint density at radius 3 is 3.00 bits per heavy atom. The fraction of sp³-hybridized carbons (Fsp3) is 0.438. The maximum atomic E-state index is 13.2. The number of thiazole rings is 1. The highest BCUT2D eigenvalue weighted by atomic mass is 32.1. The van der Waals surface area contributed by atoms with Gasteiger partial charge in [-0.05, 0) is 36.0 Å². The number of aromatic nitrogens is 1. The van der Waals surface area contributed by atoms with Crippen molar-refractivity contribution < 1.29 is 4.39 Å². The van der Waals surface area contributed by atoms with Crippen LogP contribution in [0.5, 0.6) is 0 Å². The Bertz CT molecular complexity index is 633. The van der Waals surface area contributed by atoms with Gasteiger partial charge >= 0.3 is 0 Å². The van der Waals surface area contributed by atoms with E-state index in [-0.39, 0.29) is 17.3 Å². The molecule has 0 aliphatic heterocycles. The van der Waals surface area contributed by atoms with Gasteiger partial charge in [0.25, 0.3) is 0 Å². The van der Waals surface area contributed by atoms with Crippen molar-refractivity contribution in [2.75, 3.05) is 0 Å². The van der Waals surface area contributed by atoms with Crippen molar-refractivity contribution in [1.82, 2.24) is 4.98 Å². The largest absolute Gasteiger partial charge is 0.323 e. The minimum atomic E-state index is -0.193. The average Bonchev–Trinajstić information content (AvgIpc) is 2.70. The van der Waals surface area contributed by atoms with Gasteiger partial charge in [0.1, 0.15) is 5.82 Å². The normalized spacial score (nSPS) is 20.7. The van der Waals surface area contributed by atoms with E-state index < -0.39 is 0 Å². The fourth-order valence-corrected chi connectivity index (χ4v) is 4.06. The van der Waals surface area contributed by atoms with Gasteiger partial charge in [-0.25, -0.2) is 9.37 Å². The molecule has 0 saturated heterocycles. The molecule has 0 radical (unpaired) electrons. The number of benzene rings is 1. The Morgan fingerprint density at radius 2 is 2.25 bits per heavy atom. The Kier molecular flexibility index (Phi) is 3.38. The molecule has 0 spiro atoms. The fourth-order valence-electron chi connectivity index (χ4n) is 2.94. The van der Waals surface area contributed by atoms with Crippen LogP contribution in [-0.4, -0.2) is 4.98 Å². The van der Waals surface area contributed by atoms with Gasteiger partial charge in [-0.2, -0.15) is 0 Å². The van der Waals surface area contributed by atoms with Gasteiger partial charge in [0, 0.05) is 17.3 Å². The number of nitrogens with zero attached hydrogens (tertiary/aromatic N) is 1. The van der Waals surface area contributed by atoms with Gasteiger partial charge in [-0.3, -0.25) is 0 Å². The molecule has 1 aliphatic carbocycles. The van der Waals surface area contributed by atoms with E-state index in [1.165, 1.54) is 10.9 Å². The average molecular weight is 290 g/mol. The molecule has 0 bridgehead atoms. The van der Waals surface area contributed by atoms with E-state index in [1.54, 1.807) is 23.5 Å². The van der Waals surface area contributed by atoms with E-state index >= 15 is 0 Å². The van der Waals surface area contributed by atoms with Gasteiger partial charge in [-0.1, -0.05) is 26.0 Å². The van der Waals surface area contributed by atoms with Gasteiger partial charge in [0.05, 0.1) is 10.7 Å². The van der Waals surface area contributed by atoms with Crippen LogP contribution in [0, 0.1) is 11.2 Å². The second kappa shape index (κ2) is 4.93. The summed E-state index contributed by atoms with van der Waals surface area (Å²) >= 11 is 1.69. The number of hydrogen-bond acceptors (Lipinski definition) is 3. The lowest BCUT2D eigenvalue weighted by Gasteiger charge is -2.32. The molecule has 0 fully saturated rings. The van der Waals surface area contributed by atoms with Crippen LogP contribution in [-0.2, 0) is 12.8 Å². The second-order valence-corrected chi connectivity index (χ2v) is 7.49. The molecular weight excluding hydrogens is 271 g/mol. The summed E-state index contributed by atoms with van der Waals surface area (Å²) in [6, 6.07) is 6.81. The predicted molar refractivity (Wildman–Crippen MR) is 80.4 cm³/mol. The Morgan fingerprint density at radius 1 is 1.45 bits per heavy atom. The van der Waals surface area contributed by atoms with Crippen molar-refractivity contribution in [1.29, 1.82) is 0 Å². The number of hydrogen-bond donors (Lipinski definition) is 1. The van der Waals surface area contributed by atoms with Crippen LogP contribution < -0.4 is 5.73 Å². The van der Waals surface area contributed by atoms with Gasteiger partial charge in [0.2, 0.25) is 0 Å². The third-order valence-corrected chi connectivity index (χ3v) is 5.00. The Balaban J connectivity index is 1.87. The molecule has 4 heteroatoms. The molecule has 1 aromatic carbocycles. The molecule has 1 unspecified atom stereocenters. The van der Waals surface area contributed by atoms with E-state index in [4.69, 9.17) is 10.7 Å². The quantitative estimate of drug-likeness (QED) is 0.912. The maximum absolute atomic E-state index is 13.2. The minimum absolute atomic E-state index is 0.0903. The van der Waals surface area contributed by atoms with E-state index in [1.807, 2.05) is 6.07 Å². The molecule has 2 nitrogen and oxygen atoms in total. The first-order chi connectivity index (χ1) is 9.43. The molecule has 0 amide bonds. The van der Waals surface area contributed by atoms with Crippen molar-refractivity contribution >= 4 is 11.3 Å². The highest BCUT2D eigenvalue weighted by Crippen LogP contribution is 2.42. The molecule has 20 heavy (non-hydrogen) atoms. The Hall–Kier alpha value is -1.26. The first kappa shape index (κ1) is 13.7. The van der Waals surface area contributed by atoms with Crippen LogP contribution >= 0.6 is 11.3 Å². The van der Waals surface area contributed by atoms with Crippen LogP contribution in [0.15, 0.2) is 24.3 Å². The topological polar surface area (TPSA) is 38.9 Å². The second-order valence-electron chi connectivity index (χ2n) is 6.38. The smallest absolute Gasteiger partial charge is 0.123 e. The lowest BCUT2D eigenvalue weighted by atomic mass is 9.77. The molecule has 2 N–H and O–H groups in total. The lowest BCUT2D eigenvalue weighted by molar-refractivity contribution is 0.282. The standard InChI is InChI=1S/C16H19FN2S/c1-16(2)8-12(18)15-13(9-16)19-14(20-15)7-10-4-3-5-11(17)6-10/h3-6,12H,7-9,18H2,1-2H3. The summed E-state index contributed by atoms with van der Waals surface area (Å²) in [5, 5.41) is 1.04. The molecule has 3 rings (SSSR count). The first-order valence-electron chi connectivity index (χ1n) is 6.91. The molecular formula is C16H19FN2S. The molecule has 2 aromatic rings. The molecule has 1 aromatic heterocycles. The van der Waals surface area contributed by atoms with E-state index in [2.05, 4.69) is 13.8 Å². The zero-order valence-electron chi connectivity index (χ0n) is 11.8. The minimum Gasteiger partial charge on any atom is -0.323 e. The van der Waals surface area contributed by atoms with Crippen molar-refractivity contribution in [3.8, 4) is 0 Å². The van der Waals surface area contributed by atoms with E-state index in [0.717, 1.165) is 29.1 Å². The van der Waals surface area contributed by atoms with Crippen molar-refractivity contribution in [3.63, 3.8) is 0 Å². The van der Waals surface area contributed by atoms with Crippen molar-refractivity contribution in [3.05, 3.63) is 51.2 Å². The van der Waals surface area contributed by atoms with Crippen LogP contribution in [0.25, 0.3) is 0 Å². The summed E-state index contributed by atoms with van der Waals surface area (Å²) in [6.07, 6.45) is 2.67. The lowest BCUT2D eigenvalue weighted by Crippen LogP contribution is -2.28. The number of nitrogens with two attached hydrogens (primary N) is 1. The number of halogens is 1. The number of rotatable bonds is 2. The van der Waals surface area contributed by atoms with Gasteiger partial charge in [0.15, 0.2) is 0 Å². The van der Waals surface area contributed by atoms with Crippen LogP contribution in [0.2, 0.25) is 0 Å². The highest BCUT2D eigenvalue weighted by Gasteiger charge is 2.33. The summed E-state index contributed by atoms with van der Waals surface area (Å²) in [5.41, 5.74) is 8.59. The molecule has 106 valence electrons. The summed E-state index contributed by atoms with van der Waals surface area (Å²) in [6.45, 7) is 4.47. The first-order valence-corrected chi connectivity index (χ1v) is 7.73. The molecule has 1 atom stereocenters. The van der Waals surface area contributed by atoms with Crippen molar-refractivity contribution in [2.24, 2.45) is 11.1 Å². The Labute approximate surface area is 122 Å². The maximum Gasteiger partial charge on any atom is 0.123 e. The third kappa shape index (κ3) is 2.76. The monoisotopic (exact) mass is 290 g/mol. The van der Waals surface area contributed by atoms with Gasteiger partial charge < -0.3 is 5.73 Å². The van der Waals surface area contributed by atoms with Crippen LogP contribution in [0.1, 0.15) is 47.5 Å². The predicted octanol–water partition coefficient (Wildman–Crippen LogP) is 3.85. The zero-order valence-corrected chi connectivity index (χ0v) is 12.6. The summed E-state index contributed by atoms with van der Waals surface area (Å²) in [5.74, 6) is -0.193. The zero-order chi connectivity index (χ0) is 14.3. The third-order valence-electron chi connectivity index (χ3n) is 3.77. The van der Waals surface area contributed by atoms with E-state index in [0.29, 0.717) is 6.42 Å². The van der Waals surface area contributed by atoms with E-state index in [9.17, 15) is 4.39 Å². The summed E-state index contributed by atoms with van der Waals surface area (Å²) < 4.78 is 13.2. The summed E-state index contributed by atoms with van der Waals surface area (Å²) in [7, 11) is 0. The molecule has 0 saturated carbocycles. The molecule has 1 aliphatic rings. The SMILES string of the molecule is CC1(C)Cc2nc(Cc3cccc(F)c3)sc2C(N)C1. The number of fused-ring (bicyclic) bond motifs is 1. The molecule has 1 heterocycles. The van der Waals surface area contributed by atoms with Crippen molar-refractivity contribution in [2.45, 2.75) is 39.2 Å².